The molecule has 0 unspecified atom stereocenters. The second kappa shape index (κ2) is 9.32. The fourth-order valence-electron chi connectivity index (χ4n) is 4.35. The first-order valence-electron chi connectivity index (χ1n) is 11.0. The minimum atomic E-state index is -0.503. The number of piperidine rings is 1. The SMILES string of the molecule is Cc1cc2c(cc1C)C(=O)CC1(CCN(C(=O)CCCOc3ccc(Cl)cc3Cl)CC1)O2. The van der Waals surface area contributed by atoms with Gasteiger partial charge < -0.3 is 14.4 Å². The second-order valence-corrected chi connectivity index (χ2v) is 9.57. The molecule has 2 aromatic carbocycles. The van der Waals surface area contributed by atoms with Crippen molar-refractivity contribution in [3.8, 4) is 11.5 Å². The van der Waals surface area contributed by atoms with Crippen LogP contribution in [0, 0.1) is 13.8 Å². The quantitative estimate of drug-likeness (QED) is 0.513. The Morgan fingerprint density at radius 1 is 1.12 bits per heavy atom. The summed E-state index contributed by atoms with van der Waals surface area (Å²) in [5.74, 6) is 1.47. The summed E-state index contributed by atoms with van der Waals surface area (Å²) < 4.78 is 12.0. The first-order chi connectivity index (χ1) is 15.3. The highest BCUT2D eigenvalue weighted by Crippen LogP contribution is 2.40. The summed E-state index contributed by atoms with van der Waals surface area (Å²) >= 11 is 12.0. The molecule has 7 heteroatoms. The molecule has 2 aromatic rings. The summed E-state index contributed by atoms with van der Waals surface area (Å²) in [7, 11) is 0. The highest BCUT2D eigenvalue weighted by Gasteiger charge is 2.43. The first kappa shape index (κ1) is 22.9. The number of carbonyl (C=O) groups excluding carboxylic acids is 2. The molecule has 1 spiro atoms. The Bertz CT molecular complexity index is 1040. The topological polar surface area (TPSA) is 55.8 Å². The van der Waals surface area contributed by atoms with Crippen molar-refractivity contribution < 1.29 is 19.1 Å². The van der Waals surface area contributed by atoms with Crippen LogP contribution in [0.1, 0.15) is 53.6 Å². The van der Waals surface area contributed by atoms with Crippen molar-refractivity contribution in [2.45, 2.75) is 51.6 Å². The van der Waals surface area contributed by atoms with Gasteiger partial charge >= 0.3 is 0 Å². The summed E-state index contributed by atoms with van der Waals surface area (Å²) in [4.78, 5) is 27.3. The summed E-state index contributed by atoms with van der Waals surface area (Å²) in [6.07, 6.45) is 2.70. The zero-order chi connectivity index (χ0) is 22.9. The number of carbonyl (C=O) groups is 2. The van der Waals surface area contributed by atoms with E-state index in [9.17, 15) is 9.59 Å². The number of nitrogens with zero attached hydrogens (tertiary/aromatic N) is 1. The van der Waals surface area contributed by atoms with Crippen LogP contribution in [0.5, 0.6) is 11.5 Å². The van der Waals surface area contributed by atoms with E-state index in [4.69, 9.17) is 32.7 Å². The fraction of sp³-hybridized carbons (Fsp3) is 0.440. The highest BCUT2D eigenvalue weighted by atomic mass is 35.5. The molecule has 0 radical (unpaired) electrons. The number of halogens is 2. The van der Waals surface area contributed by atoms with E-state index >= 15 is 0 Å². The molecule has 32 heavy (non-hydrogen) atoms. The number of hydrogen-bond acceptors (Lipinski definition) is 4. The Labute approximate surface area is 198 Å². The molecule has 2 heterocycles. The number of Topliss-reactive ketones (excluding diaryl/α,β-unsaturated/α-hetero) is 1. The van der Waals surface area contributed by atoms with Gasteiger partial charge in [-0.25, -0.2) is 0 Å². The Hall–Kier alpha value is -2.24. The van der Waals surface area contributed by atoms with Crippen molar-refractivity contribution in [3.63, 3.8) is 0 Å². The third kappa shape index (κ3) is 4.89. The van der Waals surface area contributed by atoms with E-state index in [1.165, 1.54) is 0 Å². The Balaban J connectivity index is 1.27. The van der Waals surface area contributed by atoms with Gasteiger partial charge in [0.05, 0.1) is 23.6 Å². The molecule has 2 aliphatic rings. The number of rotatable bonds is 5. The predicted molar refractivity (Wildman–Crippen MR) is 125 cm³/mol. The molecule has 0 saturated carbocycles. The largest absolute Gasteiger partial charge is 0.492 e. The van der Waals surface area contributed by atoms with Crippen LogP contribution in [0.15, 0.2) is 30.3 Å². The number of fused-ring (bicyclic) bond motifs is 1. The second-order valence-electron chi connectivity index (χ2n) is 8.73. The average molecular weight is 476 g/mol. The molecule has 0 atom stereocenters. The minimum absolute atomic E-state index is 0.0969. The number of amides is 1. The van der Waals surface area contributed by atoms with E-state index < -0.39 is 5.60 Å². The minimum Gasteiger partial charge on any atom is -0.492 e. The standard InChI is InChI=1S/C25H27Cl2NO4/c1-16-12-19-21(29)15-25(32-23(19)13-17(16)2)7-9-28(10-8-25)24(30)4-3-11-31-22-6-5-18(26)14-20(22)27/h5-6,12-14H,3-4,7-11,15H2,1-2H3. The Morgan fingerprint density at radius 2 is 1.84 bits per heavy atom. The molecule has 5 nitrogen and oxygen atoms in total. The van der Waals surface area contributed by atoms with Crippen LogP contribution >= 0.6 is 23.2 Å². The number of hydrogen-bond donors (Lipinski definition) is 0. The van der Waals surface area contributed by atoms with Gasteiger partial charge in [-0.2, -0.15) is 0 Å². The van der Waals surface area contributed by atoms with Crippen LogP contribution in [0.4, 0.5) is 0 Å². The molecule has 4 rings (SSSR count). The monoisotopic (exact) mass is 475 g/mol. The first-order valence-corrected chi connectivity index (χ1v) is 11.7. The highest BCUT2D eigenvalue weighted by molar-refractivity contribution is 6.35. The van der Waals surface area contributed by atoms with Crippen molar-refractivity contribution in [2.24, 2.45) is 0 Å². The van der Waals surface area contributed by atoms with Gasteiger partial charge in [0, 0.05) is 37.4 Å². The molecule has 0 aromatic heterocycles. The van der Waals surface area contributed by atoms with Crippen LogP contribution in [0.2, 0.25) is 10.0 Å². The molecular weight excluding hydrogens is 449 g/mol. The molecule has 2 aliphatic heterocycles. The smallest absolute Gasteiger partial charge is 0.222 e. The molecule has 1 saturated heterocycles. The molecular formula is C25H27Cl2NO4. The zero-order valence-corrected chi connectivity index (χ0v) is 19.9. The maximum absolute atomic E-state index is 12.8. The zero-order valence-electron chi connectivity index (χ0n) is 18.4. The Kier molecular flexibility index (Phi) is 6.68. The number of ketones is 1. The van der Waals surface area contributed by atoms with Crippen molar-refractivity contribution in [1.29, 1.82) is 0 Å². The summed E-state index contributed by atoms with van der Waals surface area (Å²) in [5.41, 5.74) is 2.39. The van der Waals surface area contributed by atoms with Gasteiger partial charge in [0.15, 0.2) is 5.78 Å². The van der Waals surface area contributed by atoms with Gasteiger partial charge in [-0.1, -0.05) is 23.2 Å². The van der Waals surface area contributed by atoms with Gasteiger partial charge in [0.25, 0.3) is 0 Å². The summed E-state index contributed by atoms with van der Waals surface area (Å²) in [6, 6.07) is 8.97. The lowest BCUT2D eigenvalue weighted by Crippen LogP contribution is -2.52. The molecule has 1 fully saturated rings. The van der Waals surface area contributed by atoms with Crippen LogP contribution < -0.4 is 9.47 Å². The number of aryl methyl sites for hydroxylation is 2. The van der Waals surface area contributed by atoms with Crippen molar-refractivity contribution in [3.05, 3.63) is 57.1 Å². The van der Waals surface area contributed by atoms with E-state index in [2.05, 4.69) is 0 Å². The molecule has 170 valence electrons. The third-order valence-corrected chi connectivity index (χ3v) is 6.95. The number of benzene rings is 2. The van der Waals surface area contributed by atoms with E-state index in [0.717, 1.165) is 11.1 Å². The lowest BCUT2D eigenvalue weighted by Gasteiger charge is -2.44. The average Bonchev–Trinajstić information content (AvgIpc) is 2.74. The molecule has 0 aliphatic carbocycles. The fourth-order valence-corrected chi connectivity index (χ4v) is 4.81. The van der Waals surface area contributed by atoms with Crippen LogP contribution in [-0.4, -0.2) is 41.9 Å². The van der Waals surface area contributed by atoms with Gasteiger partial charge in [0.2, 0.25) is 5.91 Å². The lowest BCUT2D eigenvalue weighted by atomic mass is 9.82. The van der Waals surface area contributed by atoms with Crippen LogP contribution in [-0.2, 0) is 4.79 Å². The maximum atomic E-state index is 12.8. The van der Waals surface area contributed by atoms with Gasteiger partial charge in [-0.05, 0) is 61.7 Å². The van der Waals surface area contributed by atoms with E-state index in [1.807, 2.05) is 30.9 Å². The Morgan fingerprint density at radius 3 is 2.56 bits per heavy atom. The van der Waals surface area contributed by atoms with Gasteiger partial charge in [0.1, 0.15) is 17.1 Å². The van der Waals surface area contributed by atoms with Crippen molar-refractivity contribution >= 4 is 34.9 Å². The molecule has 0 N–H and O–H groups in total. The summed E-state index contributed by atoms with van der Waals surface area (Å²) in [6.45, 7) is 5.62. The lowest BCUT2D eigenvalue weighted by molar-refractivity contribution is -0.135. The summed E-state index contributed by atoms with van der Waals surface area (Å²) in [5, 5.41) is 1.01. The van der Waals surface area contributed by atoms with E-state index in [-0.39, 0.29) is 11.7 Å². The number of ether oxygens (including phenoxy) is 2. The van der Waals surface area contributed by atoms with Crippen LogP contribution in [0.25, 0.3) is 0 Å². The molecule has 1 amide bonds. The van der Waals surface area contributed by atoms with Crippen molar-refractivity contribution in [1.82, 2.24) is 4.90 Å². The van der Waals surface area contributed by atoms with E-state index in [0.29, 0.717) is 78.9 Å². The van der Waals surface area contributed by atoms with Gasteiger partial charge in [-0.15, -0.1) is 0 Å². The van der Waals surface area contributed by atoms with E-state index in [1.54, 1.807) is 18.2 Å². The van der Waals surface area contributed by atoms with Crippen LogP contribution in [0.3, 0.4) is 0 Å². The van der Waals surface area contributed by atoms with Gasteiger partial charge in [-0.3, -0.25) is 9.59 Å². The third-order valence-electron chi connectivity index (χ3n) is 6.42. The normalized spacial score (nSPS) is 17.1. The number of likely N-dealkylation sites (tertiary alicyclic amines) is 1. The van der Waals surface area contributed by atoms with Crippen molar-refractivity contribution in [2.75, 3.05) is 19.7 Å². The molecule has 0 bridgehead atoms. The maximum Gasteiger partial charge on any atom is 0.222 e. The predicted octanol–water partition coefficient (Wildman–Crippen LogP) is 5.80.